The van der Waals surface area contributed by atoms with Gasteiger partial charge in [-0.2, -0.15) is 0 Å². The summed E-state index contributed by atoms with van der Waals surface area (Å²) < 4.78 is 34.4. The number of hydrogen-bond donors (Lipinski definition) is 3. The number of nitrogens with one attached hydrogen (secondary N) is 2. The zero-order chi connectivity index (χ0) is 25.3. The summed E-state index contributed by atoms with van der Waals surface area (Å²) in [5.41, 5.74) is 0.942. The maximum Gasteiger partial charge on any atom is 0.337 e. The van der Waals surface area contributed by atoms with Gasteiger partial charge in [-0.1, -0.05) is 43.0 Å². The van der Waals surface area contributed by atoms with Crippen LogP contribution in [0.3, 0.4) is 0 Å². The predicted molar refractivity (Wildman–Crippen MR) is 133 cm³/mol. The van der Waals surface area contributed by atoms with Crippen molar-refractivity contribution in [2.75, 3.05) is 17.2 Å². The summed E-state index contributed by atoms with van der Waals surface area (Å²) in [5, 5.41) is 16.7. The van der Waals surface area contributed by atoms with Crippen molar-refractivity contribution >= 4 is 28.9 Å². The lowest BCUT2D eigenvalue weighted by Gasteiger charge is -2.44. The molecule has 3 N–H and O–H groups in total. The monoisotopic (exact) mass is 513 g/mol. The van der Waals surface area contributed by atoms with Crippen LogP contribution < -0.4 is 15.4 Å². The highest BCUT2D eigenvalue weighted by Gasteiger charge is 2.49. The molecule has 1 atom stereocenters. The Morgan fingerprint density at radius 2 is 1.69 bits per heavy atom. The molecule has 188 valence electrons. The van der Waals surface area contributed by atoms with Crippen molar-refractivity contribution < 1.29 is 23.4 Å². The number of carboxylic acid groups (broad SMARTS) is 1. The van der Waals surface area contributed by atoms with E-state index in [2.05, 4.69) is 15.6 Å². The standard InChI is InChI=1S/C27H26ClF2N3O3/c28-19-9-7-18(8-10-19)27(32-23-12-21(29)22(30)13-24(23)33-27)20(16-4-2-1-3-5-16)15-36-25-11-6-17(14-31-25)26(34)35/h6-14,16,20,32-33H,1-5,15H2,(H,34,35). The molecule has 2 aromatic carbocycles. The van der Waals surface area contributed by atoms with Crippen LogP contribution in [-0.2, 0) is 5.66 Å². The van der Waals surface area contributed by atoms with Crippen LogP contribution in [0, 0.1) is 23.5 Å². The van der Waals surface area contributed by atoms with Crippen LogP contribution >= 0.6 is 11.6 Å². The molecule has 2 heterocycles. The Labute approximate surface area is 212 Å². The summed E-state index contributed by atoms with van der Waals surface area (Å²) in [4.78, 5) is 15.3. The molecular weight excluding hydrogens is 488 g/mol. The number of pyridine rings is 1. The summed E-state index contributed by atoms with van der Waals surface area (Å²) in [6.07, 6.45) is 6.55. The van der Waals surface area contributed by atoms with Gasteiger partial charge in [0.1, 0.15) is 5.66 Å². The Morgan fingerprint density at radius 1 is 1.06 bits per heavy atom. The van der Waals surface area contributed by atoms with E-state index in [-0.39, 0.29) is 24.0 Å². The van der Waals surface area contributed by atoms with Crippen LogP contribution in [-0.4, -0.2) is 22.7 Å². The number of nitrogens with zero attached hydrogens (tertiary/aromatic N) is 1. The van der Waals surface area contributed by atoms with Crippen LogP contribution in [0.15, 0.2) is 54.7 Å². The molecular formula is C27H26ClF2N3O3. The summed E-state index contributed by atoms with van der Waals surface area (Å²) in [7, 11) is 0. The molecule has 6 nitrogen and oxygen atoms in total. The number of ether oxygens (including phenoxy) is 1. The minimum Gasteiger partial charge on any atom is -0.478 e. The van der Waals surface area contributed by atoms with E-state index >= 15 is 0 Å². The van der Waals surface area contributed by atoms with E-state index in [0.717, 1.165) is 37.7 Å². The number of fused-ring (bicyclic) bond motifs is 1. The summed E-state index contributed by atoms with van der Waals surface area (Å²) in [6.45, 7) is 0.242. The zero-order valence-corrected chi connectivity index (χ0v) is 20.2. The molecule has 2 aliphatic rings. The number of carboxylic acids is 1. The number of carbonyl (C=O) groups is 1. The fourth-order valence-corrected chi connectivity index (χ4v) is 5.51. The van der Waals surface area contributed by atoms with Gasteiger partial charge in [0.2, 0.25) is 5.88 Å². The number of aromatic nitrogens is 1. The van der Waals surface area contributed by atoms with Crippen molar-refractivity contribution in [3.63, 3.8) is 0 Å². The van der Waals surface area contributed by atoms with E-state index in [0.29, 0.717) is 22.3 Å². The smallest absolute Gasteiger partial charge is 0.337 e. The normalized spacial score (nSPS) is 17.5. The van der Waals surface area contributed by atoms with E-state index < -0.39 is 23.3 Å². The molecule has 1 saturated carbocycles. The third-order valence-corrected chi connectivity index (χ3v) is 7.44. The molecule has 1 aromatic heterocycles. The Hall–Kier alpha value is -3.39. The number of aromatic carboxylic acids is 1. The van der Waals surface area contributed by atoms with Gasteiger partial charge in [-0.25, -0.2) is 18.6 Å². The third-order valence-electron chi connectivity index (χ3n) is 7.19. The first-order valence-electron chi connectivity index (χ1n) is 12.0. The van der Waals surface area contributed by atoms with Gasteiger partial charge in [0, 0.05) is 35.3 Å². The highest BCUT2D eigenvalue weighted by Crippen LogP contribution is 2.49. The van der Waals surface area contributed by atoms with Crippen LogP contribution in [0.1, 0.15) is 48.0 Å². The summed E-state index contributed by atoms with van der Waals surface area (Å²) in [5.74, 6) is -2.53. The molecule has 0 spiro atoms. The number of rotatable bonds is 7. The molecule has 1 fully saturated rings. The molecule has 1 unspecified atom stereocenters. The fourth-order valence-electron chi connectivity index (χ4n) is 5.38. The Bertz CT molecular complexity index is 1220. The van der Waals surface area contributed by atoms with Crippen LogP contribution in [0.5, 0.6) is 5.88 Å². The third kappa shape index (κ3) is 4.69. The summed E-state index contributed by atoms with van der Waals surface area (Å²) >= 11 is 6.18. The molecule has 36 heavy (non-hydrogen) atoms. The van der Waals surface area contributed by atoms with E-state index in [9.17, 15) is 13.6 Å². The van der Waals surface area contributed by atoms with Gasteiger partial charge in [-0.05, 0) is 42.5 Å². The number of halogens is 3. The largest absolute Gasteiger partial charge is 0.478 e. The van der Waals surface area contributed by atoms with Crippen LogP contribution in [0.2, 0.25) is 5.02 Å². The second kappa shape index (κ2) is 9.93. The summed E-state index contributed by atoms with van der Waals surface area (Å²) in [6, 6.07) is 12.7. The van der Waals surface area contributed by atoms with Gasteiger partial charge in [0.05, 0.1) is 23.5 Å². The van der Waals surface area contributed by atoms with E-state index in [4.69, 9.17) is 21.4 Å². The zero-order valence-electron chi connectivity index (χ0n) is 19.4. The Morgan fingerprint density at radius 3 is 2.25 bits per heavy atom. The number of benzene rings is 2. The van der Waals surface area contributed by atoms with Gasteiger partial charge in [-0.15, -0.1) is 0 Å². The molecule has 5 rings (SSSR count). The van der Waals surface area contributed by atoms with Crippen LogP contribution in [0.25, 0.3) is 0 Å². The number of hydrogen-bond acceptors (Lipinski definition) is 5. The molecule has 0 amide bonds. The average molecular weight is 514 g/mol. The van der Waals surface area contributed by atoms with Gasteiger partial charge in [0.25, 0.3) is 0 Å². The lowest BCUT2D eigenvalue weighted by molar-refractivity contribution is 0.0696. The molecule has 0 saturated heterocycles. The molecule has 0 bridgehead atoms. The van der Waals surface area contributed by atoms with Crippen molar-refractivity contribution in [3.8, 4) is 5.88 Å². The first kappa shape index (κ1) is 24.3. The topological polar surface area (TPSA) is 83.5 Å². The van der Waals surface area contributed by atoms with E-state index in [1.54, 1.807) is 12.1 Å². The van der Waals surface area contributed by atoms with Gasteiger partial charge in [0.15, 0.2) is 11.6 Å². The minimum absolute atomic E-state index is 0.0717. The fraction of sp³-hybridized carbons (Fsp3) is 0.333. The maximum atomic E-state index is 14.2. The number of anilines is 2. The second-order valence-corrected chi connectivity index (χ2v) is 9.82. The molecule has 9 heteroatoms. The molecule has 1 aliphatic heterocycles. The first-order valence-corrected chi connectivity index (χ1v) is 12.4. The second-order valence-electron chi connectivity index (χ2n) is 9.38. The SMILES string of the molecule is O=C(O)c1ccc(OCC(C2CCCCC2)C2(c3ccc(Cl)cc3)Nc3cc(F)c(F)cc3N2)nc1. The highest BCUT2D eigenvalue weighted by atomic mass is 35.5. The lowest BCUT2D eigenvalue weighted by atomic mass is 9.72. The van der Waals surface area contributed by atoms with Gasteiger partial charge in [-0.3, -0.25) is 0 Å². The van der Waals surface area contributed by atoms with Crippen molar-refractivity contribution in [3.05, 3.63) is 82.5 Å². The molecule has 0 radical (unpaired) electrons. The van der Waals surface area contributed by atoms with Gasteiger partial charge >= 0.3 is 5.97 Å². The van der Waals surface area contributed by atoms with Crippen LogP contribution in [0.4, 0.5) is 20.2 Å². The molecule has 3 aromatic rings. The van der Waals surface area contributed by atoms with Gasteiger partial charge < -0.3 is 20.5 Å². The average Bonchev–Trinajstić information content (AvgIpc) is 3.24. The Balaban J connectivity index is 1.54. The highest BCUT2D eigenvalue weighted by molar-refractivity contribution is 6.30. The van der Waals surface area contributed by atoms with Crippen molar-refractivity contribution in [2.24, 2.45) is 11.8 Å². The van der Waals surface area contributed by atoms with Crippen molar-refractivity contribution in [1.82, 2.24) is 4.98 Å². The quantitative estimate of drug-likeness (QED) is 0.327. The predicted octanol–water partition coefficient (Wildman–Crippen LogP) is 6.68. The maximum absolute atomic E-state index is 14.2. The van der Waals surface area contributed by atoms with Crippen molar-refractivity contribution in [1.29, 1.82) is 0 Å². The Kier molecular flexibility index (Phi) is 6.71. The first-order chi connectivity index (χ1) is 17.4. The van der Waals surface area contributed by atoms with E-state index in [1.807, 2.05) is 12.1 Å². The van der Waals surface area contributed by atoms with Crippen molar-refractivity contribution in [2.45, 2.75) is 37.8 Å². The lowest BCUT2D eigenvalue weighted by Crippen LogP contribution is -2.51. The minimum atomic E-state index is -1.06. The molecule has 1 aliphatic carbocycles. The van der Waals surface area contributed by atoms with E-state index in [1.165, 1.54) is 30.5 Å².